The molecule has 0 aromatic heterocycles. The molecular weight excluding hydrogens is 370 g/mol. The summed E-state index contributed by atoms with van der Waals surface area (Å²) >= 11 is 6.15. The Morgan fingerprint density at radius 1 is 1.22 bits per heavy atom. The number of rotatable bonds is 6. The summed E-state index contributed by atoms with van der Waals surface area (Å²) in [5.41, 5.74) is 2.37. The number of nitrogens with one attached hydrogen (secondary N) is 1. The molecule has 1 amide bonds. The third-order valence-corrected chi connectivity index (χ3v) is 4.59. The molecule has 7 heteroatoms. The summed E-state index contributed by atoms with van der Waals surface area (Å²) in [6.07, 6.45) is 0.406. The van der Waals surface area contributed by atoms with Crippen molar-refractivity contribution in [1.82, 2.24) is 5.32 Å². The summed E-state index contributed by atoms with van der Waals surface area (Å²) in [6, 6.07) is 10.3. The number of carbonyl (C=O) groups is 3. The Hall–Kier alpha value is -2.86. The van der Waals surface area contributed by atoms with Crippen molar-refractivity contribution in [3.63, 3.8) is 0 Å². The summed E-state index contributed by atoms with van der Waals surface area (Å²) in [5, 5.41) is 2.70. The normalized spacial score (nSPS) is 16.4. The van der Waals surface area contributed by atoms with E-state index >= 15 is 0 Å². The van der Waals surface area contributed by atoms with Gasteiger partial charge in [-0.3, -0.25) is 9.59 Å². The minimum Gasteiger partial charge on any atom is -0.456 e. The molecule has 1 fully saturated rings. The fourth-order valence-electron chi connectivity index (χ4n) is 2.86. The first kappa shape index (κ1) is 18.9. The number of aldehydes is 1. The van der Waals surface area contributed by atoms with E-state index in [1.807, 2.05) is 19.1 Å². The fourth-order valence-corrected chi connectivity index (χ4v) is 3.09. The zero-order valence-electron chi connectivity index (χ0n) is 14.7. The van der Waals surface area contributed by atoms with Crippen LogP contribution in [-0.4, -0.2) is 30.8 Å². The van der Waals surface area contributed by atoms with Crippen LogP contribution in [0.4, 0.5) is 4.79 Å². The summed E-state index contributed by atoms with van der Waals surface area (Å²) in [5.74, 6) is 0.878. The summed E-state index contributed by atoms with van der Waals surface area (Å²) in [4.78, 5) is 34.1. The van der Waals surface area contributed by atoms with Crippen molar-refractivity contribution >= 4 is 29.8 Å². The average molecular weight is 388 g/mol. The van der Waals surface area contributed by atoms with Crippen LogP contribution >= 0.6 is 11.6 Å². The second kappa shape index (κ2) is 8.22. The van der Waals surface area contributed by atoms with Gasteiger partial charge in [0.05, 0.1) is 11.6 Å². The van der Waals surface area contributed by atoms with E-state index in [9.17, 15) is 14.4 Å². The van der Waals surface area contributed by atoms with Crippen LogP contribution in [0.3, 0.4) is 0 Å². The molecular formula is C20H18ClNO5. The van der Waals surface area contributed by atoms with E-state index in [1.54, 1.807) is 18.2 Å². The molecule has 2 aromatic carbocycles. The number of halogens is 1. The lowest BCUT2D eigenvalue weighted by Gasteiger charge is -2.23. The number of ether oxygens (including phenoxy) is 2. The van der Waals surface area contributed by atoms with Crippen LogP contribution in [0.1, 0.15) is 28.4 Å². The fraction of sp³-hybridized carbons (Fsp3) is 0.250. The second-order valence-corrected chi connectivity index (χ2v) is 6.52. The van der Waals surface area contributed by atoms with Gasteiger partial charge in [-0.25, -0.2) is 4.79 Å². The number of alkyl carbamates (subject to hydrolysis) is 1. The highest BCUT2D eigenvalue weighted by molar-refractivity contribution is 6.32. The number of carbonyl (C=O) groups excluding carboxylic acids is 3. The van der Waals surface area contributed by atoms with Crippen molar-refractivity contribution in [2.45, 2.75) is 25.9 Å². The van der Waals surface area contributed by atoms with Crippen LogP contribution in [-0.2, 0) is 22.4 Å². The summed E-state index contributed by atoms with van der Waals surface area (Å²) in [7, 11) is 0. The van der Waals surface area contributed by atoms with Crippen molar-refractivity contribution in [2.24, 2.45) is 0 Å². The first-order valence-corrected chi connectivity index (χ1v) is 8.89. The molecule has 0 aliphatic carbocycles. The van der Waals surface area contributed by atoms with Gasteiger partial charge in [0.25, 0.3) is 0 Å². The number of benzene rings is 2. The predicted octanol–water partition coefficient (Wildman–Crippen LogP) is 3.73. The highest BCUT2D eigenvalue weighted by Crippen LogP contribution is 2.31. The molecule has 0 radical (unpaired) electrons. The predicted molar refractivity (Wildman–Crippen MR) is 99.7 cm³/mol. The van der Waals surface area contributed by atoms with Crippen LogP contribution in [0.15, 0.2) is 36.4 Å². The number of amides is 1. The van der Waals surface area contributed by atoms with Crippen molar-refractivity contribution in [2.75, 3.05) is 6.54 Å². The van der Waals surface area contributed by atoms with Gasteiger partial charge in [-0.15, -0.1) is 0 Å². The lowest BCUT2D eigenvalue weighted by atomic mass is 9.97. The van der Waals surface area contributed by atoms with E-state index < -0.39 is 12.2 Å². The number of cyclic esters (lactones) is 1. The minimum absolute atomic E-state index is 0.0125. The Kier molecular flexibility index (Phi) is 5.76. The van der Waals surface area contributed by atoms with Crippen LogP contribution in [0.25, 0.3) is 0 Å². The maximum absolute atomic E-state index is 11.9. The molecule has 1 heterocycles. The number of Topliss-reactive ketones (excluding diaryl/α,β-unsaturated/α-hetero) is 1. The van der Waals surface area contributed by atoms with Gasteiger partial charge in [-0.05, 0) is 47.9 Å². The van der Waals surface area contributed by atoms with E-state index in [4.69, 9.17) is 21.1 Å². The molecule has 3 rings (SSSR count). The summed E-state index contributed by atoms with van der Waals surface area (Å²) < 4.78 is 10.9. The first-order chi connectivity index (χ1) is 13.0. The van der Waals surface area contributed by atoms with Crippen molar-refractivity contribution in [1.29, 1.82) is 0 Å². The van der Waals surface area contributed by atoms with Crippen molar-refractivity contribution < 1.29 is 23.9 Å². The Bertz CT molecular complexity index is 896. The molecule has 1 unspecified atom stereocenters. The number of hydrogen-bond donors (Lipinski definition) is 1. The molecule has 1 aliphatic rings. The van der Waals surface area contributed by atoms with Crippen LogP contribution < -0.4 is 10.1 Å². The van der Waals surface area contributed by atoms with Gasteiger partial charge in [0.1, 0.15) is 17.8 Å². The van der Waals surface area contributed by atoms with Gasteiger partial charge in [-0.1, -0.05) is 24.6 Å². The van der Waals surface area contributed by atoms with Crippen LogP contribution in [0.2, 0.25) is 5.02 Å². The van der Waals surface area contributed by atoms with E-state index in [0.29, 0.717) is 34.8 Å². The van der Waals surface area contributed by atoms with Crippen molar-refractivity contribution in [3.8, 4) is 11.5 Å². The molecule has 1 saturated heterocycles. The maximum atomic E-state index is 11.9. The first-order valence-electron chi connectivity index (χ1n) is 8.51. The zero-order chi connectivity index (χ0) is 19.4. The van der Waals surface area contributed by atoms with Gasteiger partial charge in [0, 0.05) is 12.0 Å². The molecule has 2 aromatic rings. The topological polar surface area (TPSA) is 81.7 Å². The zero-order valence-corrected chi connectivity index (χ0v) is 15.4. The van der Waals surface area contributed by atoms with E-state index in [-0.39, 0.29) is 12.3 Å². The Morgan fingerprint density at radius 3 is 2.74 bits per heavy atom. The van der Waals surface area contributed by atoms with E-state index in [1.165, 1.54) is 6.07 Å². The van der Waals surface area contributed by atoms with Crippen LogP contribution in [0.5, 0.6) is 11.5 Å². The number of hydrogen-bond acceptors (Lipinski definition) is 5. The standard InChI is InChI=1S/C20H18ClNO5/c1-2-13-8-15(26-18-6-3-12(11-23)7-16(18)21)5-4-14(13)9-19-17(24)10-22-20(25)27-19/h3-8,11,19H,2,9-10H2,1H3,(H,22,25). The quantitative estimate of drug-likeness (QED) is 0.764. The second-order valence-electron chi connectivity index (χ2n) is 6.11. The molecule has 140 valence electrons. The SMILES string of the molecule is CCc1cc(Oc2ccc(C=O)cc2Cl)ccc1CC1OC(=O)NCC1=O. The lowest BCUT2D eigenvalue weighted by molar-refractivity contribution is -0.128. The number of ketones is 1. The average Bonchev–Trinajstić information content (AvgIpc) is 2.67. The minimum atomic E-state index is -0.777. The third kappa shape index (κ3) is 4.46. The third-order valence-electron chi connectivity index (χ3n) is 4.30. The smallest absolute Gasteiger partial charge is 0.408 e. The van der Waals surface area contributed by atoms with Gasteiger partial charge >= 0.3 is 6.09 Å². The van der Waals surface area contributed by atoms with E-state index in [2.05, 4.69) is 5.32 Å². The van der Waals surface area contributed by atoms with Crippen LogP contribution in [0, 0.1) is 0 Å². The molecule has 0 spiro atoms. The molecule has 27 heavy (non-hydrogen) atoms. The highest BCUT2D eigenvalue weighted by Gasteiger charge is 2.28. The monoisotopic (exact) mass is 387 g/mol. The van der Waals surface area contributed by atoms with Gasteiger partial charge < -0.3 is 14.8 Å². The Morgan fingerprint density at radius 2 is 2.04 bits per heavy atom. The molecule has 1 aliphatic heterocycles. The largest absolute Gasteiger partial charge is 0.456 e. The van der Waals surface area contributed by atoms with E-state index in [0.717, 1.165) is 17.5 Å². The Labute approximate surface area is 161 Å². The molecule has 0 bridgehead atoms. The van der Waals surface area contributed by atoms with Gasteiger partial charge in [0.15, 0.2) is 11.9 Å². The molecule has 6 nitrogen and oxygen atoms in total. The summed E-state index contributed by atoms with van der Waals surface area (Å²) in [6.45, 7) is 1.98. The molecule has 0 saturated carbocycles. The van der Waals surface area contributed by atoms with Crippen molar-refractivity contribution in [3.05, 3.63) is 58.1 Å². The maximum Gasteiger partial charge on any atom is 0.408 e. The number of aryl methyl sites for hydroxylation is 1. The van der Waals surface area contributed by atoms with Gasteiger partial charge in [0.2, 0.25) is 0 Å². The molecule has 1 N–H and O–H groups in total. The van der Waals surface area contributed by atoms with Gasteiger partial charge in [-0.2, -0.15) is 0 Å². The highest BCUT2D eigenvalue weighted by atomic mass is 35.5. The Balaban J connectivity index is 1.79. The lowest BCUT2D eigenvalue weighted by Crippen LogP contribution is -2.46. The molecule has 1 atom stereocenters.